The summed E-state index contributed by atoms with van der Waals surface area (Å²) in [4.78, 5) is 22.0. The quantitative estimate of drug-likeness (QED) is 0.371. The number of aromatic nitrogens is 2. The summed E-state index contributed by atoms with van der Waals surface area (Å²) in [7, 11) is 0. The molecule has 0 aliphatic heterocycles. The van der Waals surface area contributed by atoms with E-state index in [1.807, 2.05) is 50.2 Å². The number of para-hydroxylation sites is 1. The first-order chi connectivity index (χ1) is 14.5. The molecule has 0 atom stereocenters. The minimum Gasteiger partial charge on any atom is -0.494 e. The minimum atomic E-state index is -0.136. The van der Waals surface area contributed by atoms with E-state index in [0.717, 1.165) is 21.8 Å². The Hall–Kier alpha value is -2.80. The van der Waals surface area contributed by atoms with Crippen LogP contribution in [0.15, 0.2) is 47.5 Å². The van der Waals surface area contributed by atoms with Crippen molar-refractivity contribution in [3.8, 4) is 11.5 Å². The first-order valence-electron chi connectivity index (χ1n) is 10.1. The van der Waals surface area contributed by atoms with Gasteiger partial charge in [-0.15, -0.1) is 0 Å². The third-order valence-corrected chi connectivity index (χ3v) is 5.27. The Morgan fingerprint density at radius 2 is 1.83 bits per heavy atom. The van der Waals surface area contributed by atoms with Gasteiger partial charge in [0.1, 0.15) is 22.3 Å². The van der Waals surface area contributed by atoms with Gasteiger partial charge in [0, 0.05) is 17.4 Å². The molecule has 0 bridgehead atoms. The van der Waals surface area contributed by atoms with Crippen LogP contribution in [0.25, 0.3) is 10.9 Å². The summed E-state index contributed by atoms with van der Waals surface area (Å²) in [6, 6.07) is 13.3. The molecule has 30 heavy (non-hydrogen) atoms. The number of carbonyl (C=O) groups is 1. The zero-order valence-electron chi connectivity index (χ0n) is 17.8. The van der Waals surface area contributed by atoms with E-state index in [0.29, 0.717) is 30.4 Å². The minimum absolute atomic E-state index is 0.136. The van der Waals surface area contributed by atoms with E-state index in [1.54, 1.807) is 6.07 Å². The van der Waals surface area contributed by atoms with E-state index in [1.165, 1.54) is 11.8 Å². The highest BCUT2D eigenvalue weighted by Crippen LogP contribution is 2.31. The van der Waals surface area contributed by atoms with Crippen LogP contribution in [0.2, 0.25) is 0 Å². The third kappa shape index (κ3) is 5.42. The number of nitrogens with zero attached hydrogens (tertiary/aromatic N) is 2. The van der Waals surface area contributed by atoms with E-state index in [4.69, 9.17) is 14.5 Å². The van der Waals surface area contributed by atoms with Crippen LogP contribution in [-0.4, -0.2) is 34.8 Å². The molecule has 0 saturated carbocycles. The molecule has 0 radical (unpaired) electrons. The van der Waals surface area contributed by atoms with Gasteiger partial charge in [-0.05, 0) is 32.0 Å². The van der Waals surface area contributed by atoms with E-state index in [9.17, 15) is 4.79 Å². The standard InChI is InChI=1S/C23H27N3O3S/c1-5-28-16-11-12-20(29-6-2)19(13-16)24-21(27)14-30-23-17-9-7-8-10-18(17)25-22(26-23)15(3)4/h7-13,15H,5-6,14H2,1-4H3,(H,24,27). The molecule has 158 valence electrons. The fourth-order valence-electron chi connectivity index (χ4n) is 2.90. The molecule has 2 aromatic carbocycles. The normalized spacial score (nSPS) is 11.0. The molecule has 3 aromatic rings. The summed E-state index contributed by atoms with van der Waals surface area (Å²) in [6.45, 7) is 9.01. The summed E-state index contributed by atoms with van der Waals surface area (Å²) in [6.07, 6.45) is 0. The van der Waals surface area contributed by atoms with Crippen LogP contribution < -0.4 is 14.8 Å². The van der Waals surface area contributed by atoms with E-state index in [-0.39, 0.29) is 17.6 Å². The lowest BCUT2D eigenvalue weighted by atomic mass is 10.2. The van der Waals surface area contributed by atoms with Crippen LogP contribution in [0, 0.1) is 0 Å². The number of anilines is 1. The van der Waals surface area contributed by atoms with Gasteiger partial charge in [0.2, 0.25) is 5.91 Å². The van der Waals surface area contributed by atoms with Crippen molar-refractivity contribution in [1.82, 2.24) is 9.97 Å². The second-order valence-electron chi connectivity index (χ2n) is 6.92. The van der Waals surface area contributed by atoms with Crippen LogP contribution in [0.1, 0.15) is 39.4 Å². The molecule has 1 amide bonds. The van der Waals surface area contributed by atoms with E-state index in [2.05, 4.69) is 24.1 Å². The lowest BCUT2D eigenvalue weighted by Crippen LogP contribution is -2.15. The van der Waals surface area contributed by atoms with Crippen molar-refractivity contribution in [2.45, 2.75) is 38.6 Å². The Balaban J connectivity index is 1.77. The van der Waals surface area contributed by atoms with Crippen LogP contribution in [0.3, 0.4) is 0 Å². The number of thioether (sulfide) groups is 1. The van der Waals surface area contributed by atoms with Crippen molar-refractivity contribution in [3.05, 3.63) is 48.3 Å². The maximum absolute atomic E-state index is 12.7. The SMILES string of the molecule is CCOc1ccc(OCC)c(NC(=O)CSc2nc(C(C)C)nc3ccccc23)c1. The van der Waals surface area contributed by atoms with Crippen molar-refractivity contribution in [2.24, 2.45) is 0 Å². The Morgan fingerprint density at radius 1 is 1.07 bits per heavy atom. The number of nitrogens with one attached hydrogen (secondary N) is 1. The number of carbonyl (C=O) groups excluding carboxylic acids is 1. The highest BCUT2D eigenvalue weighted by Gasteiger charge is 2.14. The molecule has 0 aliphatic rings. The number of benzene rings is 2. The van der Waals surface area contributed by atoms with Crippen LogP contribution in [0.4, 0.5) is 5.69 Å². The topological polar surface area (TPSA) is 73.3 Å². The van der Waals surface area contributed by atoms with Crippen molar-refractivity contribution < 1.29 is 14.3 Å². The summed E-state index contributed by atoms with van der Waals surface area (Å²) in [5.41, 5.74) is 1.49. The smallest absolute Gasteiger partial charge is 0.234 e. The lowest BCUT2D eigenvalue weighted by molar-refractivity contribution is -0.113. The molecule has 1 heterocycles. The predicted molar refractivity (Wildman–Crippen MR) is 122 cm³/mol. The van der Waals surface area contributed by atoms with Crippen molar-refractivity contribution in [2.75, 3.05) is 24.3 Å². The number of fused-ring (bicyclic) bond motifs is 1. The summed E-state index contributed by atoms with van der Waals surface area (Å²) in [5, 5.41) is 4.71. The summed E-state index contributed by atoms with van der Waals surface area (Å²) in [5.74, 6) is 2.38. The number of hydrogen-bond acceptors (Lipinski definition) is 6. The van der Waals surface area contributed by atoms with Gasteiger partial charge >= 0.3 is 0 Å². The molecule has 0 unspecified atom stereocenters. The molecule has 7 heteroatoms. The number of hydrogen-bond donors (Lipinski definition) is 1. The second kappa shape index (κ2) is 10.3. The first kappa shape index (κ1) is 21.9. The van der Waals surface area contributed by atoms with Crippen molar-refractivity contribution in [1.29, 1.82) is 0 Å². The van der Waals surface area contributed by atoms with Crippen molar-refractivity contribution in [3.63, 3.8) is 0 Å². The zero-order valence-corrected chi connectivity index (χ0v) is 18.6. The number of rotatable bonds is 9. The molecule has 0 aliphatic carbocycles. The van der Waals surface area contributed by atoms with E-state index < -0.39 is 0 Å². The predicted octanol–water partition coefficient (Wildman–Crippen LogP) is 5.28. The fourth-order valence-corrected chi connectivity index (χ4v) is 3.72. The number of amides is 1. The van der Waals surface area contributed by atoms with E-state index >= 15 is 0 Å². The van der Waals surface area contributed by atoms with Gasteiger partial charge in [-0.25, -0.2) is 9.97 Å². The van der Waals surface area contributed by atoms with Gasteiger partial charge in [-0.3, -0.25) is 4.79 Å². The molecule has 1 aromatic heterocycles. The van der Waals surface area contributed by atoms with Crippen LogP contribution in [-0.2, 0) is 4.79 Å². The molecule has 0 fully saturated rings. The van der Waals surface area contributed by atoms with Crippen LogP contribution >= 0.6 is 11.8 Å². The number of ether oxygens (including phenoxy) is 2. The van der Waals surface area contributed by atoms with Crippen molar-refractivity contribution >= 4 is 34.3 Å². The molecule has 3 rings (SSSR count). The van der Waals surface area contributed by atoms with Gasteiger partial charge < -0.3 is 14.8 Å². The van der Waals surface area contributed by atoms with Gasteiger partial charge in [-0.2, -0.15) is 0 Å². The Kier molecular flexibility index (Phi) is 7.52. The monoisotopic (exact) mass is 425 g/mol. The highest BCUT2D eigenvalue weighted by molar-refractivity contribution is 8.00. The molecular formula is C23H27N3O3S. The summed E-state index contributed by atoms with van der Waals surface area (Å²) >= 11 is 1.41. The average Bonchev–Trinajstić information content (AvgIpc) is 2.74. The van der Waals surface area contributed by atoms with Crippen LogP contribution in [0.5, 0.6) is 11.5 Å². The van der Waals surface area contributed by atoms with Gasteiger partial charge in [-0.1, -0.05) is 43.8 Å². The highest BCUT2D eigenvalue weighted by atomic mass is 32.2. The molecule has 1 N–H and O–H groups in total. The fraction of sp³-hybridized carbons (Fsp3) is 0.348. The van der Waals surface area contributed by atoms with Gasteiger partial charge in [0.05, 0.1) is 30.2 Å². The Morgan fingerprint density at radius 3 is 2.57 bits per heavy atom. The Labute approximate surface area is 181 Å². The molecular weight excluding hydrogens is 398 g/mol. The molecule has 0 saturated heterocycles. The third-order valence-electron chi connectivity index (χ3n) is 4.28. The Bertz CT molecular complexity index is 1020. The average molecular weight is 426 g/mol. The molecule has 0 spiro atoms. The maximum Gasteiger partial charge on any atom is 0.234 e. The van der Waals surface area contributed by atoms with Gasteiger partial charge in [0.15, 0.2) is 0 Å². The summed E-state index contributed by atoms with van der Waals surface area (Å²) < 4.78 is 11.2. The largest absolute Gasteiger partial charge is 0.494 e. The zero-order chi connectivity index (χ0) is 21.5. The first-order valence-corrected chi connectivity index (χ1v) is 11.1. The second-order valence-corrected chi connectivity index (χ2v) is 7.88. The lowest BCUT2D eigenvalue weighted by Gasteiger charge is -2.14. The molecule has 6 nitrogen and oxygen atoms in total. The van der Waals surface area contributed by atoms with Gasteiger partial charge in [0.25, 0.3) is 0 Å². The maximum atomic E-state index is 12.7.